The van der Waals surface area contributed by atoms with Crippen LogP contribution in [0.15, 0.2) is 5.16 Å². The van der Waals surface area contributed by atoms with Gasteiger partial charge in [-0.15, -0.1) is 0 Å². The van der Waals surface area contributed by atoms with E-state index in [-0.39, 0.29) is 0 Å². The van der Waals surface area contributed by atoms with Gasteiger partial charge in [-0.05, 0) is 0 Å². The van der Waals surface area contributed by atoms with E-state index in [1.807, 2.05) is 0 Å². The number of nitrogens with zero attached hydrogens (tertiary/aromatic N) is 2. The van der Waals surface area contributed by atoms with Gasteiger partial charge in [0.25, 0.3) is 5.54 Å². The summed E-state index contributed by atoms with van der Waals surface area (Å²) in [7, 11) is 0. The maximum absolute atomic E-state index is 10.0. The van der Waals surface area contributed by atoms with Crippen molar-refractivity contribution in [2.24, 2.45) is 5.16 Å². The van der Waals surface area contributed by atoms with Gasteiger partial charge >= 0.3 is 0 Å². The Morgan fingerprint density at radius 3 is 2.33 bits per heavy atom. The third-order valence-corrected chi connectivity index (χ3v) is 0.844. The molecule has 0 amide bonds. The number of oxime groups is 1. The second-order valence-electron chi connectivity index (χ2n) is 2.16. The molecular weight excluding hydrogens is 124 g/mol. The van der Waals surface area contributed by atoms with E-state index in [4.69, 9.17) is 5.21 Å². The summed E-state index contributed by atoms with van der Waals surface area (Å²) in [5.41, 5.74) is -1.27. The molecule has 0 aliphatic rings. The molecule has 52 valence electrons. The first-order chi connectivity index (χ1) is 4.00. The van der Waals surface area contributed by atoms with Gasteiger partial charge < -0.3 is 5.21 Å². The Hall–Kier alpha value is -1.13. The SMILES string of the molecule is CC(C)(/C=N/O)[N+](=O)[O-]. The summed E-state index contributed by atoms with van der Waals surface area (Å²) in [6.07, 6.45) is 0.868. The second kappa shape index (κ2) is 2.43. The lowest BCUT2D eigenvalue weighted by atomic mass is 10.1. The van der Waals surface area contributed by atoms with E-state index in [0.29, 0.717) is 0 Å². The highest BCUT2D eigenvalue weighted by Gasteiger charge is 2.27. The molecule has 0 saturated heterocycles. The summed E-state index contributed by atoms with van der Waals surface area (Å²) in [6, 6.07) is 0. The predicted molar refractivity (Wildman–Crippen MR) is 31.4 cm³/mol. The van der Waals surface area contributed by atoms with E-state index in [0.717, 1.165) is 6.21 Å². The molecule has 0 aromatic heterocycles. The van der Waals surface area contributed by atoms with Gasteiger partial charge in [0.2, 0.25) is 0 Å². The van der Waals surface area contributed by atoms with Crippen molar-refractivity contribution in [3.8, 4) is 0 Å². The van der Waals surface area contributed by atoms with Crippen LogP contribution in [-0.4, -0.2) is 21.9 Å². The summed E-state index contributed by atoms with van der Waals surface area (Å²) in [5.74, 6) is 0. The zero-order valence-corrected chi connectivity index (χ0v) is 5.24. The zero-order chi connectivity index (χ0) is 7.49. The maximum atomic E-state index is 10.0. The molecule has 0 unspecified atom stereocenters. The van der Waals surface area contributed by atoms with Gasteiger partial charge in [0.1, 0.15) is 6.21 Å². The normalized spacial score (nSPS) is 12.2. The molecule has 0 bridgehead atoms. The molecule has 0 spiro atoms. The molecule has 0 aliphatic heterocycles. The largest absolute Gasteiger partial charge is 0.411 e. The van der Waals surface area contributed by atoms with Crippen LogP contribution >= 0.6 is 0 Å². The maximum Gasteiger partial charge on any atom is 0.254 e. The molecule has 0 aliphatic carbocycles. The third kappa shape index (κ3) is 2.07. The number of hydrogen-bond donors (Lipinski definition) is 1. The molecule has 0 rings (SSSR count). The predicted octanol–water partition coefficient (Wildman–Crippen LogP) is 0.502. The van der Waals surface area contributed by atoms with Crippen molar-refractivity contribution in [3.63, 3.8) is 0 Å². The highest BCUT2D eigenvalue weighted by Crippen LogP contribution is 2.02. The number of hydrogen-bond acceptors (Lipinski definition) is 4. The average Bonchev–Trinajstić information content (AvgIpc) is 1.65. The van der Waals surface area contributed by atoms with Crippen LogP contribution in [0, 0.1) is 10.1 Å². The topological polar surface area (TPSA) is 75.7 Å². The van der Waals surface area contributed by atoms with Crippen LogP contribution in [0.1, 0.15) is 13.8 Å². The molecular formula is C4H8N2O3. The highest BCUT2D eigenvalue weighted by molar-refractivity contribution is 5.66. The smallest absolute Gasteiger partial charge is 0.254 e. The molecule has 1 N–H and O–H groups in total. The first-order valence-electron chi connectivity index (χ1n) is 2.34. The Bertz CT molecular complexity index is 141. The van der Waals surface area contributed by atoms with Crippen LogP contribution in [0.5, 0.6) is 0 Å². The van der Waals surface area contributed by atoms with Gasteiger partial charge in [-0.3, -0.25) is 10.1 Å². The van der Waals surface area contributed by atoms with Crippen molar-refractivity contribution in [2.45, 2.75) is 19.4 Å². The Morgan fingerprint density at radius 2 is 2.22 bits per heavy atom. The molecule has 9 heavy (non-hydrogen) atoms. The van der Waals surface area contributed by atoms with Gasteiger partial charge in [-0.2, -0.15) is 0 Å². The van der Waals surface area contributed by atoms with Crippen molar-refractivity contribution in [1.82, 2.24) is 0 Å². The Balaban J connectivity index is 4.19. The molecule has 0 aromatic rings. The minimum atomic E-state index is -1.27. The minimum Gasteiger partial charge on any atom is -0.411 e. The van der Waals surface area contributed by atoms with E-state index < -0.39 is 10.5 Å². The van der Waals surface area contributed by atoms with E-state index >= 15 is 0 Å². The van der Waals surface area contributed by atoms with Gasteiger partial charge in [0.05, 0.1) is 0 Å². The van der Waals surface area contributed by atoms with E-state index in [2.05, 4.69) is 5.16 Å². The third-order valence-electron chi connectivity index (χ3n) is 0.844. The molecule has 0 fully saturated rings. The molecule has 0 atom stereocenters. The Morgan fingerprint density at radius 1 is 1.78 bits per heavy atom. The summed E-state index contributed by atoms with van der Waals surface area (Å²) in [6.45, 7) is 2.68. The van der Waals surface area contributed by atoms with Crippen molar-refractivity contribution in [3.05, 3.63) is 10.1 Å². The fraction of sp³-hybridized carbons (Fsp3) is 0.750. The van der Waals surface area contributed by atoms with Gasteiger partial charge in [-0.25, -0.2) is 0 Å². The Labute approximate surface area is 52.1 Å². The monoisotopic (exact) mass is 132 g/mol. The van der Waals surface area contributed by atoms with Crippen LogP contribution in [0.25, 0.3) is 0 Å². The molecule has 0 aromatic carbocycles. The molecule has 0 heterocycles. The van der Waals surface area contributed by atoms with E-state index in [1.165, 1.54) is 13.8 Å². The minimum absolute atomic E-state index is 0.535. The van der Waals surface area contributed by atoms with Gasteiger partial charge in [0.15, 0.2) is 0 Å². The molecule has 0 saturated carbocycles. The average molecular weight is 132 g/mol. The van der Waals surface area contributed by atoms with Crippen molar-refractivity contribution in [2.75, 3.05) is 0 Å². The lowest BCUT2D eigenvalue weighted by molar-refractivity contribution is -0.536. The summed E-state index contributed by atoms with van der Waals surface area (Å²) < 4.78 is 0. The second-order valence-corrected chi connectivity index (χ2v) is 2.16. The standard InChI is InChI=1S/C4H8N2O3/c1-4(2,3-5-7)6(8)9/h3,7H,1-2H3/b5-3+. The van der Waals surface area contributed by atoms with Crippen molar-refractivity contribution < 1.29 is 10.1 Å². The van der Waals surface area contributed by atoms with Crippen molar-refractivity contribution >= 4 is 6.21 Å². The van der Waals surface area contributed by atoms with Crippen LogP contribution in [-0.2, 0) is 0 Å². The fourth-order valence-electron chi connectivity index (χ4n) is 0.188. The number of rotatable bonds is 2. The van der Waals surface area contributed by atoms with E-state index in [9.17, 15) is 10.1 Å². The highest BCUT2D eigenvalue weighted by atomic mass is 16.6. The van der Waals surface area contributed by atoms with Gasteiger partial charge in [0, 0.05) is 18.8 Å². The number of nitro groups is 1. The van der Waals surface area contributed by atoms with Crippen molar-refractivity contribution in [1.29, 1.82) is 0 Å². The van der Waals surface area contributed by atoms with Gasteiger partial charge in [-0.1, -0.05) is 5.16 Å². The quantitative estimate of drug-likeness (QED) is 0.257. The fourth-order valence-corrected chi connectivity index (χ4v) is 0.188. The van der Waals surface area contributed by atoms with Crippen LogP contribution in [0.3, 0.4) is 0 Å². The summed E-state index contributed by atoms with van der Waals surface area (Å²) in [4.78, 5) is 9.48. The first kappa shape index (κ1) is 7.87. The zero-order valence-electron chi connectivity index (χ0n) is 5.24. The lowest BCUT2D eigenvalue weighted by Crippen LogP contribution is -2.32. The first-order valence-corrected chi connectivity index (χ1v) is 2.34. The Kier molecular flexibility index (Phi) is 2.12. The van der Waals surface area contributed by atoms with Crippen LogP contribution in [0.2, 0.25) is 0 Å². The molecule has 5 heteroatoms. The molecule has 5 nitrogen and oxygen atoms in total. The van der Waals surface area contributed by atoms with Crippen LogP contribution in [0.4, 0.5) is 0 Å². The molecule has 0 radical (unpaired) electrons. The summed E-state index contributed by atoms with van der Waals surface area (Å²) in [5, 5.41) is 20.5. The van der Waals surface area contributed by atoms with Crippen LogP contribution < -0.4 is 0 Å². The van der Waals surface area contributed by atoms with E-state index in [1.54, 1.807) is 0 Å². The lowest BCUT2D eigenvalue weighted by Gasteiger charge is -2.06. The summed E-state index contributed by atoms with van der Waals surface area (Å²) >= 11 is 0.